The highest BCUT2D eigenvalue weighted by Crippen LogP contribution is 2.36. The molecule has 0 unspecified atom stereocenters. The fourth-order valence-electron chi connectivity index (χ4n) is 4.09. The van der Waals surface area contributed by atoms with Gasteiger partial charge in [-0.2, -0.15) is 23.5 Å². The molecule has 1 saturated heterocycles. The van der Waals surface area contributed by atoms with E-state index in [2.05, 4.69) is 27.0 Å². The first-order valence-electron chi connectivity index (χ1n) is 12.1. The quantitative estimate of drug-likeness (QED) is 0.256. The number of hydrogen-bond donors (Lipinski definition) is 4. The van der Waals surface area contributed by atoms with Gasteiger partial charge in [-0.3, -0.25) is 5.32 Å². The first-order chi connectivity index (χ1) is 19.4. The third kappa shape index (κ3) is 7.27. The maximum absolute atomic E-state index is 12.5. The lowest BCUT2D eigenvalue weighted by atomic mass is 10.00. The van der Waals surface area contributed by atoms with E-state index in [1.54, 1.807) is 35.0 Å². The number of hydrogen-bond acceptors (Lipinski definition) is 7. The number of carboxylic acid groups (broad SMARTS) is 1. The number of benzene rings is 1. The zero-order valence-electron chi connectivity index (χ0n) is 21.3. The van der Waals surface area contributed by atoms with Crippen molar-refractivity contribution in [1.29, 1.82) is 5.26 Å². The maximum atomic E-state index is 12.5. The second kappa shape index (κ2) is 12.2. The Hall–Kier alpha value is -4.74. The monoisotopic (exact) mass is 586 g/mol. The normalized spacial score (nSPS) is 14.6. The second-order valence-corrected chi connectivity index (χ2v) is 9.30. The van der Waals surface area contributed by atoms with Gasteiger partial charge in [0.2, 0.25) is 0 Å². The Balaban J connectivity index is 0.000000493. The Morgan fingerprint density at radius 2 is 1.95 bits per heavy atom. The smallest absolute Gasteiger partial charge is 0.475 e. The van der Waals surface area contributed by atoms with Crippen molar-refractivity contribution in [1.82, 2.24) is 30.2 Å². The Kier molecular flexibility index (Phi) is 8.70. The van der Waals surface area contributed by atoms with Gasteiger partial charge in [0.1, 0.15) is 16.7 Å². The summed E-state index contributed by atoms with van der Waals surface area (Å²) in [5, 5.41) is 30.6. The van der Waals surface area contributed by atoms with Crippen LogP contribution < -0.4 is 16.0 Å². The molecule has 41 heavy (non-hydrogen) atoms. The Bertz CT molecular complexity index is 1630. The molecule has 0 radical (unpaired) electrons. The van der Waals surface area contributed by atoms with Crippen LogP contribution >= 0.6 is 11.6 Å². The van der Waals surface area contributed by atoms with Gasteiger partial charge in [-0.05, 0) is 55.8 Å². The summed E-state index contributed by atoms with van der Waals surface area (Å²) in [7, 11) is 0. The number of amides is 2. The molecule has 15 heteroatoms. The molecule has 1 aliphatic rings. The molecular weight excluding hydrogens is 565 g/mol. The van der Waals surface area contributed by atoms with E-state index in [1.165, 1.54) is 0 Å². The number of aliphatic carboxylic acids is 1. The summed E-state index contributed by atoms with van der Waals surface area (Å²) in [6.45, 7) is 3.50. The number of carbonyl (C=O) groups excluding carboxylic acids is 1. The van der Waals surface area contributed by atoms with Crippen molar-refractivity contribution in [2.45, 2.75) is 25.6 Å². The van der Waals surface area contributed by atoms with Gasteiger partial charge in [0.25, 0.3) is 0 Å². The van der Waals surface area contributed by atoms with Gasteiger partial charge in [0, 0.05) is 30.0 Å². The second-order valence-electron chi connectivity index (χ2n) is 8.91. The number of pyridine rings is 1. The molecule has 0 spiro atoms. The number of nitrogens with one attached hydrogen (secondary N) is 3. The standard InChI is InChI=1S/C24H21ClN8O.C2HF3O2/c1-14-9-17(11-19(25)28-14)21-22(16-4-2-3-15(10-16)12-26)32-33-8-6-20(30-23(21)33)31-24(34)29-18-5-7-27-13-18;3-2(4,5)1(6)7/h2-4,6,8-11,18,27H,5,7,13H2,1H3,(H2,29,30,31,34);(H,6,7)/t18-;/m1./s1. The van der Waals surface area contributed by atoms with Gasteiger partial charge in [-0.1, -0.05) is 23.7 Å². The van der Waals surface area contributed by atoms with Gasteiger partial charge in [-0.15, -0.1) is 0 Å². The summed E-state index contributed by atoms with van der Waals surface area (Å²) in [6.07, 6.45) is -2.45. The average Bonchev–Trinajstić information content (AvgIpc) is 3.55. The number of halogens is 4. The van der Waals surface area contributed by atoms with Crippen molar-refractivity contribution in [3.8, 4) is 28.5 Å². The van der Waals surface area contributed by atoms with E-state index < -0.39 is 12.1 Å². The van der Waals surface area contributed by atoms with Crippen LogP contribution in [-0.2, 0) is 4.79 Å². The third-order valence-electron chi connectivity index (χ3n) is 5.84. The number of urea groups is 1. The lowest BCUT2D eigenvalue weighted by Crippen LogP contribution is -2.39. The molecule has 1 atom stereocenters. The molecular formula is C26H22ClF3N8O3. The first-order valence-corrected chi connectivity index (χ1v) is 12.4. The minimum atomic E-state index is -5.08. The maximum Gasteiger partial charge on any atom is 0.490 e. The Labute approximate surface area is 236 Å². The highest BCUT2D eigenvalue weighted by atomic mass is 35.5. The first kappa shape index (κ1) is 29.2. The van der Waals surface area contributed by atoms with E-state index in [4.69, 9.17) is 31.6 Å². The third-order valence-corrected chi connectivity index (χ3v) is 6.03. The fraction of sp³-hybridized carbons (Fsp3) is 0.231. The lowest BCUT2D eigenvalue weighted by molar-refractivity contribution is -0.192. The summed E-state index contributed by atoms with van der Waals surface area (Å²) >= 11 is 6.27. The van der Waals surface area contributed by atoms with Crippen molar-refractivity contribution < 1.29 is 27.9 Å². The zero-order chi connectivity index (χ0) is 29.7. The topological polar surface area (TPSA) is 157 Å². The number of nitrogens with zero attached hydrogens (tertiary/aromatic N) is 5. The number of aryl methyl sites for hydroxylation is 1. The number of alkyl halides is 3. The van der Waals surface area contributed by atoms with Crippen molar-refractivity contribution in [3.05, 3.63) is 65.1 Å². The van der Waals surface area contributed by atoms with Crippen LogP contribution in [-0.4, -0.2) is 62.0 Å². The molecule has 1 fully saturated rings. The van der Waals surface area contributed by atoms with E-state index in [9.17, 15) is 23.2 Å². The minimum absolute atomic E-state index is 0.0928. The van der Waals surface area contributed by atoms with Gasteiger partial charge >= 0.3 is 18.2 Å². The Morgan fingerprint density at radius 3 is 2.59 bits per heavy atom. The van der Waals surface area contributed by atoms with Crippen LogP contribution in [0.5, 0.6) is 0 Å². The molecule has 2 amide bonds. The zero-order valence-corrected chi connectivity index (χ0v) is 22.1. The van der Waals surface area contributed by atoms with E-state index >= 15 is 0 Å². The molecule has 4 aromatic rings. The molecule has 1 aliphatic heterocycles. The predicted molar refractivity (Wildman–Crippen MR) is 143 cm³/mol. The molecule has 0 bridgehead atoms. The van der Waals surface area contributed by atoms with Gasteiger partial charge in [0.05, 0.1) is 17.2 Å². The number of carbonyl (C=O) groups is 2. The number of nitriles is 1. The van der Waals surface area contributed by atoms with Gasteiger partial charge < -0.3 is 15.7 Å². The number of carboxylic acids is 1. The highest BCUT2D eigenvalue weighted by Gasteiger charge is 2.38. The molecule has 11 nitrogen and oxygen atoms in total. The molecule has 5 rings (SSSR count). The summed E-state index contributed by atoms with van der Waals surface area (Å²) in [6, 6.07) is 14.5. The van der Waals surface area contributed by atoms with Crippen molar-refractivity contribution >= 4 is 35.1 Å². The fourth-order valence-corrected chi connectivity index (χ4v) is 4.34. The lowest BCUT2D eigenvalue weighted by Gasteiger charge is -2.12. The van der Waals surface area contributed by atoms with Crippen LogP contribution in [0.3, 0.4) is 0 Å². The van der Waals surface area contributed by atoms with Crippen LogP contribution in [0.25, 0.3) is 28.0 Å². The van der Waals surface area contributed by atoms with Crippen LogP contribution in [0, 0.1) is 18.3 Å². The van der Waals surface area contributed by atoms with Crippen molar-refractivity contribution in [3.63, 3.8) is 0 Å². The average molecular weight is 587 g/mol. The summed E-state index contributed by atoms with van der Waals surface area (Å²) in [4.78, 5) is 30.3. The van der Waals surface area contributed by atoms with Gasteiger partial charge in [0.15, 0.2) is 5.65 Å². The summed E-state index contributed by atoms with van der Waals surface area (Å²) < 4.78 is 33.4. The van der Waals surface area contributed by atoms with Crippen molar-refractivity contribution in [2.75, 3.05) is 18.4 Å². The van der Waals surface area contributed by atoms with Crippen LogP contribution in [0.15, 0.2) is 48.7 Å². The summed E-state index contributed by atoms with van der Waals surface area (Å²) in [5.41, 5.74) is 4.74. The molecule has 3 aromatic heterocycles. The molecule has 4 heterocycles. The van der Waals surface area contributed by atoms with Crippen LogP contribution in [0.4, 0.5) is 23.8 Å². The van der Waals surface area contributed by atoms with Crippen molar-refractivity contribution in [2.24, 2.45) is 0 Å². The Morgan fingerprint density at radius 1 is 1.20 bits per heavy atom. The van der Waals surface area contributed by atoms with Gasteiger partial charge in [-0.25, -0.2) is 24.1 Å². The van der Waals surface area contributed by atoms with Crippen LogP contribution in [0.1, 0.15) is 17.7 Å². The van der Waals surface area contributed by atoms with E-state index in [0.717, 1.165) is 41.9 Å². The number of fused-ring (bicyclic) bond motifs is 1. The largest absolute Gasteiger partial charge is 0.490 e. The SMILES string of the molecule is Cc1cc(-c2c(-c3cccc(C#N)c3)nn3ccc(NC(=O)N[C@@H]4CCNC4)nc23)cc(Cl)n1.O=C(O)C(F)(F)F. The highest BCUT2D eigenvalue weighted by molar-refractivity contribution is 6.29. The van der Waals surface area contributed by atoms with E-state index in [0.29, 0.717) is 27.9 Å². The molecule has 0 saturated carbocycles. The van der Waals surface area contributed by atoms with Crippen LogP contribution in [0.2, 0.25) is 5.15 Å². The number of anilines is 1. The molecule has 212 valence electrons. The minimum Gasteiger partial charge on any atom is -0.475 e. The molecule has 1 aromatic carbocycles. The number of aromatic nitrogens is 4. The molecule has 0 aliphatic carbocycles. The summed E-state index contributed by atoms with van der Waals surface area (Å²) in [5.74, 6) is -2.36. The molecule has 4 N–H and O–H groups in total. The van der Waals surface area contributed by atoms with E-state index in [1.807, 2.05) is 25.1 Å². The number of rotatable bonds is 4. The van der Waals surface area contributed by atoms with E-state index in [-0.39, 0.29) is 12.1 Å². The predicted octanol–water partition coefficient (Wildman–Crippen LogP) is 4.41.